The van der Waals surface area contributed by atoms with E-state index in [0.717, 1.165) is 29.0 Å². The Morgan fingerprint density at radius 3 is 2.63 bits per heavy atom. The van der Waals surface area contributed by atoms with Gasteiger partial charge in [0.25, 0.3) is 5.91 Å². The van der Waals surface area contributed by atoms with Crippen molar-refractivity contribution in [2.75, 3.05) is 5.32 Å². The van der Waals surface area contributed by atoms with Gasteiger partial charge in [0, 0.05) is 35.4 Å². The standard InChI is InChI=1S/C21H15F3N4OS/c22-21(23,24)17-3-1-2-16(10-17)18-12-30-20(26-18)27-19(29)15-6-4-14(5-7-15)11-28-9-8-25-13-28/h1-10,12-13H,11H2,(H,26,27,29). The summed E-state index contributed by atoms with van der Waals surface area (Å²) in [4.78, 5) is 20.7. The number of hydrogen-bond acceptors (Lipinski definition) is 4. The van der Waals surface area contributed by atoms with Gasteiger partial charge >= 0.3 is 6.18 Å². The zero-order valence-corrected chi connectivity index (χ0v) is 16.2. The largest absolute Gasteiger partial charge is 0.416 e. The molecule has 4 aromatic rings. The van der Waals surface area contributed by atoms with Gasteiger partial charge in [0.05, 0.1) is 17.6 Å². The van der Waals surface area contributed by atoms with E-state index in [4.69, 9.17) is 0 Å². The number of imidazole rings is 1. The molecule has 0 aliphatic rings. The smallest absolute Gasteiger partial charge is 0.333 e. The highest BCUT2D eigenvalue weighted by molar-refractivity contribution is 7.14. The number of rotatable bonds is 5. The number of nitrogens with zero attached hydrogens (tertiary/aromatic N) is 3. The molecule has 0 bridgehead atoms. The molecule has 2 aromatic heterocycles. The molecule has 5 nitrogen and oxygen atoms in total. The summed E-state index contributed by atoms with van der Waals surface area (Å²) < 4.78 is 40.6. The molecule has 4 rings (SSSR count). The Kier molecular flexibility index (Phi) is 5.37. The van der Waals surface area contributed by atoms with Gasteiger partial charge in [-0.1, -0.05) is 24.3 Å². The third kappa shape index (κ3) is 4.57. The first-order valence-electron chi connectivity index (χ1n) is 8.88. The van der Waals surface area contributed by atoms with E-state index in [1.807, 2.05) is 22.9 Å². The van der Waals surface area contributed by atoms with Gasteiger partial charge in [-0.05, 0) is 29.8 Å². The number of alkyl halides is 3. The third-order valence-electron chi connectivity index (χ3n) is 4.35. The maximum atomic E-state index is 12.9. The third-order valence-corrected chi connectivity index (χ3v) is 5.11. The van der Waals surface area contributed by atoms with Crippen molar-refractivity contribution in [1.29, 1.82) is 0 Å². The van der Waals surface area contributed by atoms with E-state index < -0.39 is 11.7 Å². The Balaban J connectivity index is 1.44. The number of hydrogen-bond donors (Lipinski definition) is 1. The molecule has 0 fully saturated rings. The number of thiazole rings is 1. The topological polar surface area (TPSA) is 59.8 Å². The van der Waals surface area contributed by atoms with Gasteiger partial charge in [0.2, 0.25) is 0 Å². The first kappa shape index (κ1) is 19.8. The molecule has 1 N–H and O–H groups in total. The van der Waals surface area contributed by atoms with Crippen molar-refractivity contribution < 1.29 is 18.0 Å². The molecule has 30 heavy (non-hydrogen) atoms. The minimum absolute atomic E-state index is 0.315. The van der Waals surface area contributed by atoms with E-state index in [2.05, 4.69) is 15.3 Å². The number of benzene rings is 2. The van der Waals surface area contributed by atoms with Gasteiger partial charge in [-0.15, -0.1) is 11.3 Å². The second kappa shape index (κ2) is 8.11. The van der Waals surface area contributed by atoms with Crippen LogP contribution in [0.5, 0.6) is 0 Å². The van der Waals surface area contributed by atoms with E-state index in [1.54, 1.807) is 36.1 Å². The van der Waals surface area contributed by atoms with Crippen LogP contribution in [-0.4, -0.2) is 20.4 Å². The Labute approximate surface area is 173 Å². The predicted octanol–water partition coefficient (Wildman–Crippen LogP) is 5.33. The van der Waals surface area contributed by atoms with E-state index in [1.165, 1.54) is 6.07 Å². The van der Waals surface area contributed by atoms with Crippen LogP contribution in [0.15, 0.2) is 72.6 Å². The predicted molar refractivity (Wildman–Crippen MR) is 108 cm³/mol. The summed E-state index contributed by atoms with van der Waals surface area (Å²) in [7, 11) is 0. The summed E-state index contributed by atoms with van der Waals surface area (Å²) in [5.74, 6) is -0.339. The van der Waals surface area contributed by atoms with E-state index in [9.17, 15) is 18.0 Å². The summed E-state index contributed by atoms with van der Waals surface area (Å²) in [6, 6.07) is 12.1. The van der Waals surface area contributed by atoms with E-state index in [0.29, 0.717) is 28.5 Å². The lowest BCUT2D eigenvalue weighted by molar-refractivity contribution is -0.137. The van der Waals surface area contributed by atoms with Crippen molar-refractivity contribution in [2.45, 2.75) is 12.7 Å². The Morgan fingerprint density at radius 1 is 1.13 bits per heavy atom. The molecule has 2 aromatic carbocycles. The second-order valence-electron chi connectivity index (χ2n) is 6.50. The molecule has 0 saturated heterocycles. The van der Waals surface area contributed by atoms with Crippen molar-refractivity contribution in [2.24, 2.45) is 0 Å². The summed E-state index contributed by atoms with van der Waals surface area (Å²) in [6.45, 7) is 0.648. The van der Waals surface area contributed by atoms with Crippen LogP contribution in [0.25, 0.3) is 11.3 Å². The first-order chi connectivity index (χ1) is 14.4. The van der Waals surface area contributed by atoms with E-state index in [-0.39, 0.29) is 5.91 Å². The Bertz CT molecular complexity index is 1150. The highest BCUT2D eigenvalue weighted by atomic mass is 32.1. The second-order valence-corrected chi connectivity index (χ2v) is 7.36. The maximum absolute atomic E-state index is 12.9. The summed E-state index contributed by atoms with van der Waals surface area (Å²) in [5.41, 5.74) is 1.45. The molecule has 1 amide bonds. The maximum Gasteiger partial charge on any atom is 0.416 e. The number of aromatic nitrogens is 3. The van der Waals surface area contributed by atoms with Gasteiger partial charge in [0.15, 0.2) is 5.13 Å². The van der Waals surface area contributed by atoms with Gasteiger partial charge in [0.1, 0.15) is 0 Å². The molecular weight excluding hydrogens is 413 g/mol. The molecule has 0 aliphatic heterocycles. The molecule has 2 heterocycles. The zero-order chi connectivity index (χ0) is 21.1. The molecule has 0 atom stereocenters. The first-order valence-corrected chi connectivity index (χ1v) is 9.76. The SMILES string of the molecule is O=C(Nc1nc(-c2cccc(C(F)(F)F)c2)cs1)c1ccc(Cn2ccnc2)cc1. The summed E-state index contributed by atoms with van der Waals surface area (Å²) in [6.07, 6.45) is 0.840. The van der Waals surface area contributed by atoms with Gasteiger partial charge in [-0.2, -0.15) is 13.2 Å². The molecule has 9 heteroatoms. The number of halogens is 3. The van der Waals surface area contributed by atoms with Crippen LogP contribution in [-0.2, 0) is 12.7 Å². The molecule has 152 valence electrons. The number of carbonyl (C=O) groups excluding carboxylic acids is 1. The number of nitrogens with one attached hydrogen (secondary N) is 1. The molecule has 0 saturated carbocycles. The van der Waals surface area contributed by atoms with E-state index >= 15 is 0 Å². The minimum Gasteiger partial charge on any atom is -0.333 e. The van der Waals surface area contributed by atoms with Gasteiger partial charge in [-0.3, -0.25) is 10.1 Å². The Hall–Kier alpha value is -3.46. The number of amides is 1. The van der Waals surface area contributed by atoms with Crippen LogP contribution in [0.2, 0.25) is 0 Å². The van der Waals surface area contributed by atoms with Crippen LogP contribution in [0.3, 0.4) is 0 Å². The fraction of sp³-hybridized carbons (Fsp3) is 0.0952. The lowest BCUT2D eigenvalue weighted by Gasteiger charge is -2.07. The summed E-state index contributed by atoms with van der Waals surface area (Å²) in [5, 5.41) is 4.61. The number of anilines is 1. The van der Waals surface area contributed by atoms with Crippen molar-refractivity contribution in [1.82, 2.24) is 14.5 Å². The van der Waals surface area contributed by atoms with Crippen molar-refractivity contribution in [3.05, 3.63) is 89.3 Å². The average molecular weight is 428 g/mol. The zero-order valence-electron chi connectivity index (χ0n) is 15.4. The van der Waals surface area contributed by atoms with Crippen molar-refractivity contribution >= 4 is 22.4 Å². The molecular formula is C21H15F3N4OS. The summed E-state index contributed by atoms with van der Waals surface area (Å²) >= 11 is 1.15. The van der Waals surface area contributed by atoms with Crippen LogP contribution >= 0.6 is 11.3 Å². The van der Waals surface area contributed by atoms with Crippen LogP contribution in [0.1, 0.15) is 21.5 Å². The molecule has 0 spiro atoms. The van der Waals surface area contributed by atoms with Gasteiger partial charge in [-0.25, -0.2) is 9.97 Å². The lowest BCUT2D eigenvalue weighted by atomic mass is 10.1. The Morgan fingerprint density at radius 2 is 1.93 bits per heavy atom. The highest BCUT2D eigenvalue weighted by Crippen LogP contribution is 2.33. The van der Waals surface area contributed by atoms with Crippen LogP contribution < -0.4 is 5.32 Å². The molecule has 0 unspecified atom stereocenters. The monoisotopic (exact) mass is 428 g/mol. The fourth-order valence-electron chi connectivity index (χ4n) is 2.84. The number of carbonyl (C=O) groups is 1. The molecule has 0 radical (unpaired) electrons. The fourth-order valence-corrected chi connectivity index (χ4v) is 3.56. The normalized spacial score (nSPS) is 11.4. The van der Waals surface area contributed by atoms with Gasteiger partial charge < -0.3 is 4.57 Å². The minimum atomic E-state index is -4.42. The average Bonchev–Trinajstić information content (AvgIpc) is 3.40. The lowest BCUT2D eigenvalue weighted by Crippen LogP contribution is -2.11. The highest BCUT2D eigenvalue weighted by Gasteiger charge is 2.30. The quantitative estimate of drug-likeness (QED) is 0.468. The van der Waals surface area contributed by atoms with Crippen molar-refractivity contribution in [3.63, 3.8) is 0 Å². The van der Waals surface area contributed by atoms with Crippen molar-refractivity contribution in [3.8, 4) is 11.3 Å². The van der Waals surface area contributed by atoms with Crippen LogP contribution in [0, 0.1) is 0 Å². The van der Waals surface area contributed by atoms with Crippen LogP contribution in [0.4, 0.5) is 18.3 Å². The molecule has 0 aliphatic carbocycles.